The maximum Gasteiger partial charge on any atom is 0.258 e. The van der Waals surface area contributed by atoms with Crippen LogP contribution in [0.25, 0.3) is 16.8 Å². The molecule has 2 aliphatic rings. The van der Waals surface area contributed by atoms with Gasteiger partial charge in [-0.2, -0.15) is 5.10 Å². The maximum atomic E-state index is 12.8. The number of amides is 1. The second kappa shape index (κ2) is 9.13. The van der Waals surface area contributed by atoms with Gasteiger partial charge in [0.25, 0.3) is 5.91 Å². The molecule has 33 heavy (non-hydrogen) atoms. The van der Waals surface area contributed by atoms with Gasteiger partial charge in [-0.25, -0.2) is 0 Å². The van der Waals surface area contributed by atoms with Gasteiger partial charge in [0.2, 0.25) is 0 Å². The Hall–Kier alpha value is -3.56. The summed E-state index contributed by atoms with van der Waals surface area (Å²) in [7, 11) is 0. The highest BCUT2D eigenvalue weighted by atomic mass is 16.5. The zero-order valence-electron chi connectivity index (χ0n) is 18.8. The number of hydrogen-bond donors (Lipinski definition) is 2. The Labute approximate surface area is 192 Å². The van der Waals surface area contributed by atoms with Crippen LogP contribution >= 0.6 is 0 Å². The molecule has 0 bridgehead atoms. The third-order valence-electron chi connectivity index (χ3n) is 6.05. The Balaban J connectivity index is 1.35. The highest BCUT2D eigenvalue weighted by molar-refractivity contribution is 6.32. The van der Waals surface area contributed by atoms with Crippen LogP contribution in [0.2, 0.25) is 0 Å². The van der Waals surface area contributed by atoms with Crippen LogP contribution in [0.4, 0.5) is 11.4 Å². The van der Waals surface area contributed by atoms with Crippen molar-refractivity contribution in [3.8, 4) is 11.3 Å². The molecule has 170 valence electrons. The molecule has 3 aromatic heterocycles. The molecule has 9 nitrogen and oxygen atoms in total. The third kappa shape index (κ3) is 4.50. The van der Waals surface area contributed by atoms with Crippen molar-refractivity contribution in [2.24, 2.45) is 0 Å². The van der Waals surface area contributed by atoms with Crippen LogP contribution in [-0.2, 0) is 16.1 Å². The molecule has 1 amide bonds. The Bertz CT molecular complexity index is 1210. The number of carbonyl (C=O) groups is 1. The van der Waals surface area contributed by atoms with Gasteiger partial charge in [-0.15, -0.1) is 0 Å². The second-order valence-corrected chi connectivity index (χ2v) is 8.33. The molecule has 0 atom stereocenters. The molecule has 0 unspecified atom stereocenters. The first-order chi connectivity index (χ1) is 16.1. The van der Waals surface area contributed by atoms with Crippen LogP contribution < -0.4 is 10.6 Å². The van der Waals surface area contributed by atoms with Crippen molar-refractivity contribution in [3.63, 3.8) is 0 Å². The Kier molecular flexibility index (Phi) is 5.89. The van der Waals surface area contributed by atoms with E-state index in [-0.39, 0.29) is 5.91 Å². The van der Waals surface area contributed by atoms with Crippen LogP contribution in [-0.4, -0.2) is 63.4 Å². The molecular weight excluding hydrogens is 418 g/mol. The van der Waals surface area contributed by atoms with Crippen LogP contribution in [0.15, 0.2) is 48.8 Å². The summed E-state index contributed by atoms with van der Waals surface area (Å²) in [5.74, 6) is -0.142. The summed E-state index contributed by atoms with van der Waals surface area (Å²) in [6.07, 6.45) is 9.02. The van der Waals surface area contributed by atoms with Gasteiger partial charge in [-0.1, -0.05) is 0 Å². The van der Waals surface area contributed by atoms with E-state index in [4.69, 9.17) is 4.74 Å². The number of rotatable bonds is 6. The van der Waals surface area contributed by atoms with E-state index in [1.807, 2.05) is 36.9 Å². The second-order valence-electron chi connectivity index (χ2n) is 8.33. The minimum atomic E-state index is -0.142. The summed E-state index contributed by atoms with van der Waals surface area (Å²) in [5.41, 5.74) is 6.58. The number of ether oxygens (including phenoxy) is 1. The first-order valence-electron chi connectivity index (χ1n) is 11.1. The van der Waals surface area contributed by atoms with E-state index >= 15 is 0 Å². The lowest BCUT2D eigenvalue weighted by Crippen LogP contribution is -2.38. The summed E-state index contributed by atoms with van der Waals surface area (Å²) in [6, 6.07) is 3.90. The van der Waals surface area contributed by atoms with Gasteiger partial charge >= 0.3 is 0 Å². The number of hydrogen-bond acceptors (Lipinski definition) is 7. The van der Waals surface area contributed by atoms with E-state index in [9.17, 15) is 4.79 Å². The van der Waals surface area contributed by atoms with Gasteiger partial charge in [0, 0.05) is 55.0 Å². The van der Waals surface area contributed by atoms with Crippen LogP contribution in [0.5, 0.6) is 0 Å². The lowest BCUT2D eigenvalue weighted by Gasteiger charge is -2.26. The van der Waals surface area contributed by atoms with Gasteiger partial charge in [-0.05, 0) is 31.5 Å². The molecule has 5 heterocycles. The average molecular weight is 446 g/mol. The van der Waals surface area contributed by atoms with Crippen molar-refractivity contribution in [3.05, 3.63) is 59.9 Å². The molecule has 9 heteroatoms. The smallest absolute Gasteiger partial charge is 0.258 e. The fourth-order valence-electron chi connectivity index (χ4n) is 4.22. The van der Waals surface area contributed by atoms with E-state index < -0.39 is 0 Å². The van der Waals surface area contributed by atoms with E-state index in [1.54, 1.807) is 24.8 Å². The number of allylic oxidation sites excluding steroid dienone is 1. The highest BCUT2D eigenvalue weighted by Gasteiger charge is 2.27. The van der Waals surface area contributed by atoms with E-state index in [2.05, 4.69) is 30.6 Å². The lowest BCUT2D eigenvalue weighted by molar-refractivity contribution is -0.110. The Morgan fingerprint density at radius 1 is 1.18 bits per heavy atom. The number of nitrogens with one attached hydrogen (secondary N) is 2. The molecule has 0 radical (unpaired) electrons. The molecule has 5 rings (SSSR count). The van der Waals surface area contributed by atoms with Crippen molar-refractivity contribution in [2.45, 2.75) is 20.4 Å². The zero-order valence-corrected chi connectivity index (χ0v) is 18.8. The third-order valence-corrected chi connectivity index (χ3v) is 6.05. The maximum absolute atomic E-state index is 12.8. The number of aromatic nitrogens is 4. The van der Waals surface area contributed by atoms with Gasteiger partial charge in [0.15, 0.2) is 0 Å². The molecule has 3 aromatic rings. The van der Waals surface area contributed by atoms with Crippen LogP contribution in [0.3, 0.4) is 0 Å². The number of fused-ring (bicyclic) bond motifs is 1. The number of pyridine rings is 2. The molecule has 1 fully saturated rings. The highest BCUT2D eigenvalue weighted by Crippen LogP contribution is 2.36. The quantitative estimate of drug-likeness (QED) is 0.563. The topological polar surface area (TPSA) is 97.2 Å². The Morgan fingerprint density at radius 2 is 2.03 bits per heavy atom. The first kappa shape index (κ1) is 21.3. The molecule has 1 saturated heterocycles. The van der Waals surface area contributed by atoms with Crippen LogP contribution in [0.1, 0.15) is 18.1 Å². The molecule has 2 N–H and O–H groups in total. The van der Waals surface area contributed by atoms with Crippen LogP contribution in [0, 0.1) is 6.92 Å². The summed E-state index contributed by atoms with van der Waals surface area (Å²) in [5, 5.41) is 10.7. The Morgan fingerprint density at radius 3 is 2.85 bits per heavy atom. The fourth-order valence-corrected chi connectivity index (χ4v) is 4.22. The summed E-state index contributed by atoms with van der Waals surface area (Å²) < 4.78 is 7.32. The van der Waals surface area contributed by atoms with E-state index in [0.29, 0.717) is 11.3 Å². The number of morpholine rings is 1. The largest absolute Gasteiger partial charge is 0.379 e. The summed E-state index contributed by atoms with van der Waals surface area (Å²) in [4.78, 5) is 23.9. The van der Waals surface area contributed by atoms with E-state index in [1.165, 1.54) is 0 Å². The van der Waals surface area contributed by atoms with E-state index in [0.717, 1.165) is 73.2 Å². The summed E-state index contributed by atoms with van der Waals surface area (Å²) in [6.45, 7) is 9.17. The molecular formula is C24H27N7O2. The first-order valence-corrected chi connectivity index (χ1v) is 11.1. The summed E-state index contributed by atoms with van der Waals surface area (Å²) >= 11 is 0. The van der Waals surface area contributed by atoms with Gasteiger partial charge in [-0.3, -0.25) is 24.3 Å². The molecule has 0 saturated carbocycles. The normalized spacial score (nSPS) is 17.6. The molecule has 2 aliphatic heterocycles. The zero-order chi connectivity index (χ0) is 22.8. The minimum Gasteiger partial charge on any atom is -0.379 e. The predicted molar refractivity (Wildman–Crippen MR) is 127 cm³/mol. The van der Waals surface area contributed by atoms with Gasteiger partial charge in [0.05, 0.1) is 54.8 Å². The average Bonchev–Trinajstić information content (AvgIpc) is 3.41. The van der Waals surface area contributed by atoms with Gasteiger partial charge < -0.3 is 15.4 Å². The molecule has 0 spiro atoms. The van der Waals surface area contributed by atoms with Crippen molar-refractivity contribution in [1.29, 1.82) is 0 Å². The van der Waals surface area contributed by atoms with Crippen molar-refractivity contribution in [1.82, 2.24) is 24.6 Å². The molecule has 0 aromatic carbocycles. The SMILES string of the molecule is CC(Nc1cnn(CCN2CCOCC2)c1)=C1C(=O)Nc2cnc(-c3cnccc3C)cc21. The lowest BCUT2D eigenvalue weighted by atomic mass is 10.0. The van der Waals surface area contributed by atoms with Crippen molar-refractivity contribution >= 4 is 22.9 Å². The number of anilines is 2. The fraction of sp³-hybridized carbons (Fsp3) is 0.333. The number of nitrogens with zero attached hydrogens (tertiary/aromatic N) is 5. The van der Waals surface area contributed by atoms with Crippen molar-refractivity contribution in [2.75, 3.05) is 43.5 Å². The standard InChI is InChI=1S/C24H27N7O2/c1-16-3-4-25-13-20(16)21-11-19-22(14-26-21)29-24(32)23(19)17(2)28-18-12-27-31(15-18)6-5-30-7-9-33-10-8-30/h3-4,11-15,28H,5-10H2,1-2H3,(H,29,32). The molecule has 0 aliphatic carbocycles. The van der Waals surface area contributed by atoms with Crippen molar-refractivity contribution < 1.29 is 9.53 Å². The minimum absolute atomic E-state index is 0.142. The monoisotopic (exact) mass is 445 g/mol. The number of carbonyl (C=O) groups excluding carboxylic acids is 1. The number of aryl methyl sites for hydroxylation is 1. The van der Waals surface area contributed by atoms with Gasteiger partial charge in [0.1, 0.15) is 0 Å². The predicted octanol–water partition coefficient (Wildman–Crippen LogP) is 2.78.